The van der Waals surface area contributed by atoms with E-state index < -0.39 is 27.5 Å². The predicted octanol–water partition coefficient (Wildman–Crippen LogP) is 2.95. The van der Waals surface area contributed by atoms with Crippen LogP contribution in [0.5, 0.6) is 17.2 Å². The third kappa shape index (κ3) is 3.25. The number of halogens is 3. The van der Waals surface area contributed by atoms with Gasteiger partial charge in [0, 0.05) is 23.6 Å². The number of rotatable bonds is 4. The van der Waals surface area contributed by atoms with Crippen molar-refractivity contribution < 1.29 is 40.0 Å². The highest BCUT2D eigenvalue weighted by molar-refractivity contribution is 7.88. The van der Waals surface area contributed by atoms with Gasteiger partial charge < -0.3 is 18.4 Å². The predicted molar refractivity (Wildman–Crippen MR) is 77.8 cm³/mol. The van der Waals surface area contributed by atoms with Gasteiger partial charge in [0.15, 0.2) is 11.5 Å². The van der Waals surface area contributed by atoms with Gasteiger partial charge in [-0.25, -0.2) is 0 Å². The summed E-state index contributed by atoms with van der Waals surface area (Å²) in [5, 5.41) is 0. The van der Waals surface area contributed by atoms with Crippen molar-refractivity contribution in [2.75, 3.05) is 14.2 Å². The molecule has 1 aromatic rings. The van der Waals surface area contributed by atoms with Gasteiger partial charge in [-0.05, 0) is 13.8 Å². The highest BCUT2D eigenvalue weighted by Crippen LogP contribution is 2.47. The van der Waals surface area contributed by atoms with Crippen LogP contribution in [0.2, 0.25) is 0 Å². The van der Waals surface area contributed by atoms with Gasteiger partial charge >= 0.3 is 15.6 Å². The van der Waals surface area contributed by atoms with E-state index in [2.05, 4.69) is 4.18 Å². The first kappa shape index (κ1) is 18.7. The Balaban J connectivity index is 2.69. The van der Waals surface area contributed by atoms with E-state index in [4.69, 9.17) is 14.2 Å². The molecule has 0 aliphatic carbocycles. The van der Waals surface area contributed by atoms with Crippen molar-refractivity contribution in [1.29, 1.82) is 0 Å². The first-order chi connectivity index (χ1) is 11.0. The summed E-state index contributed by atoms with van der Waals surface area (Å²) in [7, 11) is -3.26. The summed E-state index contributed by atoms with van der Waals surface area (Å²) in [6.07, 6.45) is -0.712. The Labute approximate surface area is 137 Å². The summed E-state index contributed by atoms with van der Waals surface area (Å²) in [4.78, 5) is 0. The summed E-state index contributed by atoms with van der Waals surface area (Å²) in [5.41, 5.74) is -4.86. The molecule has 1 aliphatic rings. The summed E-state index contributed by atoms with van der Waals surface area (Å²) < 4.78 is 81.2. The summed E-state index contributed by atoms with van der Waals surface area (Å²) >= 11 is 0. The van der Waals surface area contributed by atoms with Crippen LogP contribution in [0.25, 0.3) is 0 Å². The van der Waals surface area contributed by atoms with Crippen LogP contribution in [0.3, 0.4) is 0 Å². The van der Waals surface area contributed by atoms with Gasteiger partial charge in [0.1, 0.15) is 5.75 Å². The second-order valence-corrected chi connectivity index (χ2v) is 6.82. The van der Waals surface area contributed by atoms with E-state index in [9.17, 15) is 21.6 Å². The number of fused-ring (bicyclic) bond motifs is 1. The first-order valence-corrected chi connectivity index (χ1v) is 8.36. The normalized spacial score (nSPS) is 21.1. The zero-order chi connectivity index (χ0) is 18.3. The van der Waals surface area contributed by atoms with Crippen molar-refractivity contribution in [2.45, 2.75) is 38.0 Å². The Bertz CT molecular complexity index is 729. The van der Waals surface area contributed by atoms with Crippen LogP contribution in [0.1, 0.15) is 31.1 Å². The number of alkyl halides is 3. The molecule has 0 fully saturated rings. The highest BCUT2D eigenvalue weighted by atomic mass is 32.2. The smallest absolute Gasteiger partial charge is 0.496 e. The highest BCUT2D eigenvalue weighted by Gasteiger charge is 2.49. The zero-order valence-electron chi connectivity index (χ0n) is 13.4. The third-order valence-electron chi connectivity index (χ3n) is 3.60. The zero-order valence-corrected chi connectivity index (χ0v) is 14.2. The van der Waals surface area contributed by atoms with Gasteiger partial charge in [0.2, 0.25) is 0 Å². The molecule has 10 heteroatoms. The molecule has 0 amide bonds. The van der Waals surface area contributed by atoms with Crippen molar-refractivity contribution in [3.05, 3.63) is 17.2 Å². The Kier molecular flexibility index (Phi) is 4.91. The number of benzene rings is 1. The number of hydrogen-bond donors (Lipinski definition) is 0. The van der Waals surface area contributed by atoms with Gasteiger partial charge in [-0.3, -0.25) is 0 Å². The lowest BCUT2D eigenvalue weighted by atomic mass is 9.93. The van der Waals surface area contributed by atoms with Gasteiger partial charge in [0.25, 0.3) is 0 Å². The van der Waals surface area contributed by atoms with Crippen LogP contribution in [0.4, 0.5) is 13.2 Å². The maximum absolute atomic E-state index is 12.7. The van der Waals surface area contributed by atoms with E-state index in [1.165, 1.54) is 20.3 Å². The van der Waals surface area contributed by atoms with E-state index in [0.29, 0.717) is 11.3 Å². The fraction of sp³-hybridized carbons (Fsp3) is 0.571. The molecule has 2 rings (SSSR count). The maximum Gasteiger partial charge on any atom is 0.534 e. The molecule has 0 N–H and O–H groups in total. The first-order valence-electron chi connectivity index (χ1n) is 6.95. The van der Waals surface area contributed by atoms with Gasteiger partial charge in [-0.15, -0.1) is 0 Å². The molecule has 0 radical (unpaired) electrons. The maximum atomic E-state index is 12.7. The summed E-state index contributed by atoms with van der Waals surface area (Å²) in [5.74, 6) is -0.342. The Hall–Kier alpha value is -1.68. The Morgan fingerprint density at radius 3 is 2.25 bits per heavy atom. The lowest BCUT2D eigenvalue weighted by molar-refractivity contribution is -0.0501. The van der Waals surface area contributed by atoms with E-state index in [1.807, 2.05) is 0 Å². The van der Waals surface area contributed by atoms with Crippen LogP contribution in [-0.4, -0.2) is 34.2 Å². The molecular formula is C14H17F3O6S. The minimum absolute atomic E-state index is 0.149. The van der Waals surface area contributed by atoms with Crippen LogP contribution in [0.15, 0.2) is 6.07 Å². The quantitative estimate of drug-likeness (QED) is 0.599. The molecule has 0 saturated carbocycles. The molecule has 24 heavy (non-hydrogen) atoms. The second kappa shape index (κ2) is 6.32. The van der Waals surface area contributed by atoms with E-state index in [-0.39, 0.29) is 23.8 Å². The summed E-state index contributed by atoms with van der Waals surface area (Å²) in [6, 6.07) is 1.27. The van der Waals surface area contributed by atoms with Gasteiger partial charge in [-0.2, -0.15) is 21.6 Å². The second-order valence-electron chi connectivity index (χ2n) is 5.28. The van der Waals surface area contributed by atoms with E-state index in [1.54, 1.807) is 13.8 Å². The number of ether oxygens (including phenoxy) is 3. The Morgan fingerprint density at radius 1 is 1.17 bits per heavy atom. The third-order valence-corrected chi connectivity index (χ3v) is 4.55. The monoisotopic (exact) mass is 370 g/mol. The van der Waals surface area contributed by atoms with Gasteiger partial charge in [0.05, 0.1) is 26.4 Å². The standard InChI is InChI=1S/C14H17F3O6S/c1-7-5-9-12(8(2)22-7)10(20-3)6-11(21-4)13(9)23-24(18,19)14(15,16)17/h6-8H,5H2,1-4H3/t7-,8-/m0/s1. The van der Waals surface area contributed by atoms with Crippen LogP contribution in [-0.2, 0) is 21.3 Å². The Morgan fingerprint density at radius 2 is 1.75 bits per heavy atom. The lowest BCUT2D eigenvalue weighted by Gasteiger charge is -2.31. The molecule has 0 spiro atoms. The molecule has 0 unspecified atom stereocenters. The number of methoxy groups -OCH3 is 2. The molecule has 0 aromatic heterocycles. The molecule has 6 nitrogen and oxygen atoms in total. The van der Waals surface area contributed by atoms with Crippen LogP contribution in [0, 0.1) is 0 Å². The molecule has 1 aliphatic heterocycles. The molecule has 0 saturated heterocycles. The lowest BCUT2D eigenvalue weighted by Crippen LogP contribution is -2.30. The average Bonchev–Trinajstić information content (AvgIpc) is 2.46. The molecule has 136 valence electrons. The molecule has 1 aromatic carbocycles. The van der Waals surface area contributed by atoms with Crippen molar-refractivity contribution >= 4 is 10.1 Å². The molecule has 2 atom stereocenters. The summed E-state index contributed by atoms with van der Waals surface area (Å²) in [6.45, 7) is 3.40. The molecular weight excluding hydrogens is 353 g/mol. The van der Waals surface area contributed by atoms with Crippen molar-refractivity contribution in [2.24, 2.45) is 0 Å². The van der Waals surface area contributed by atoms with Crippen molar-refractivity contribution in [3.63, 3.8) is 0 Å². The molecule has 0 bridgehead atoms. The van der Waals surface area contributed by atoms with E-state index >= 15 is 0 Å². The van der Waals surface area contributed by atoms with Gasteiger partial charge in [-0.1, -0.05) is 0 Å². The fourth-order valence-corrected chi connectivity index (χ4v) is 3.15. The van der Waals surface area contributed by atoms with Crippen molar-refractivity contribution in [1.82, 2.24) is 0 Å². The fourth-order valence-electron chi connectivity index (χ4n) is 2.65. The minimum Gasteiger partial charge on any atom is -0.496 e. The largest absolute Gasteiger partial charge is 0.534 e. The average molecular weight is 370 g/mol. The molecule has 1 heterocycles. The van der Waals surface area contributed by atoms with Crippen LogP contribution >= 0.6 is 0 Å². The topological polar surface area (TPSA) is 71.1 Å². The number of hydrogen-bond acceptors (Lipinski definition) is 6. The SMILES string of the molecule is COc1cc(OC)c2c(c1OS(=O)(=O)C(F)(F)F)C[C@H](C)O[C@H]2C. The van der Waals surface area contributed by atoms with Crippen LogP contribution < -0.4 is 13.7 Å². The van der Waals surface area contributed by atoms with E-state index in [0.717, 1.165) is 0 Å². The van der Waals surface area contributed by atoms with Crippen molar-refractivity contribution in [3.8, 4) is 17.2 Å². The minimum atomic E-state index is -5.83.